The van der Waals surface area contributed by atoms with Crippen LogP contribution in [0, 0.1) is 38.0 Å². The molecule has 2 bridgehead atoms. The molecule has 5 rings (SSSR count). The fourth-order valence-electron chi connectivity index (χ4n) is 4.28. The van der Waals surface area contributed by atoms with E-state index < -0.39 is 33.4 Å². The number of carbonyl (C=O) groups is 2. The number of fused-ring (bicyclic) bond motifs is 4. The van der Waals surface area contributed by atoms with E-state index in [1.54, 1.807) is 12.1 Å². The molecule has 3 heterocycles. The lowest BCUT2D eigenvalue weighted by molar-refractivity contribution is -0.394. The highest BCUT2D eigenvalue weighted by Gasteiger charge is 2.67. The number of rotatable bonds is 6. The van der Waals surface area contributed by atoms with Gasteiger partial charge in [0.25, 0.3) is 17.3 Å². The number of hydrogen-bond donors (Lipinski definition) is 1. The molecule has 32 heavy (non-hydrogen) atoms. The normalized spacial score (nSPS) is 28.8. The zero-order chi connectivity index (χ0) is 22.6. The van der Waals surface area contributed by atoms with Gasteiger partial charge in [0.15, 0.2) is 12.1 Å². The average Bonchev–Trinajstić information content (AvgIpc) is 3.12. The van der Waals surface area contributed by atoms with E-state index in [1.165, 1.54) is 11.3 Å². The maximum Gasteiger partial charge on any atom is 0.277 e. The van der Waals surface area contributed by atoms with Crippen LogP contribution in [-0.4, -0.2) is 46.2 Å². The van der Waals surface area contributed by atoms with E-state index in [4.69, 9.17) is 9.47 Å². The van der Waals surface area contributed by atoms with Crippen molar-refractivity contribution in [2.24, 2.45) is 22.9 Å². The largest absolute Gasteiger partial charge is 0.344 e. The molecule has 1 aliphatic carbocycles. The third-order valence-corrected chi connectivity index (χ3v) is 6.62. The molecule has 12 nitrogen and oxygen atoms in total. The smallest absolute Gasteiger partial charge is 0.277 e. The third-order valence-electron chi connectivity index (χ3n) is 5.74. The van der Waals surface area contributed by atoms with Crippen molar-refractivity contribution in [1.82, 2.24) is 5.43 Å². The van der Waals surface area contributed by atoms with Crippen LogP contribution < -0.4 is 5.43 Å². The molecule has 1 aromatic heterocycles. The van der Waals surface area contributed by atoms with Gasteiger partial charge in [-0.2, -0.15) is 5.10 Å². The summed E-state index contributed by atoms with van der Waals surface area (Å²) in [4.78, 5) is 46.5. The predicted octanol–water partition coefficient (Wildman–Crippen LogP) is 2.15. The van der Waals surface area contributed by atoms with E-state index in [1.807, 2.05) is 5.38 Å². The second kappa shape index (κ2) is 7.55. The Labute approximate surface area is 183 Å². The van der Waals surface area contributed by atoms with Crippen molar-refractivity contribution in [2.75, 3.05) is 6.61 Å². The molecule has 0 radical (unpaired) electrons. The summed E-state index contributed by atoms with van der Waals surface area (Å²) in [6.07, 6.45) is -1.03. The molecule has 1 amide bonds. The standard InChI is InChI=1S/C19H14N4O8S/c24-17(12-2-1-3-32-12)15-13-11-7-30-19(31-11)16(14(13)15)20-21-18(25)8-4-9(22(26)27)6-10(5-8)23(28)29/h1-6,11,13-15,19H,7H2,(H,21,25)/t11-,13+,14+,15+,19+/m1/s1. The number of nitro benzene ring substituents is 2. The van der Waals surface area contributed by atoms with Gasteiger partial charge < -0.3 is 9.47 Å². The summed E-state index contributed by atoms with van der Waals surface area (Å²) in [6, 6.07) is 6.15. The summed E-state index contributed by atoms with van der Waals surface area (Å²) in [5.41, 5.74) is 1.14. The first-order valence-electron chi connectivity index (χ1n) is 9.51. The lowest BCUT2D eigenvalue weighted by atomic mass is 10.1. The van der Waals surface area contributed by atoms with Crippen LogP contribution >= 0.6 is 11.3 Å². The fraction of sp³-hybridized carbons (Fsp3) is 0.316. The summed E-state index contributed by atoms with van der Waals surface area (Å²) in [6.45, 7) is 0.310. The number of carbonyl (C=O) groups excluding carboxylic acids is 2. The number of amides is 1. The van der Waals surface area contributed by atoms with E-state index in [0.717, 1.165) is 18.2 Å². The minimum absolute atomic E-state index is 0.0144. The van der Waals surface area contributed by atoms with Gasteiger partial charge in [-0.3, -0.25) is 29.8 Å². The van der Waals surface area contributed by atoms with Crippen LogP contribution in [0.3, 0.4) is 0 Å². The second-order valence-corrected chi connectivity index (χ2v) is 8.49. The van der Waals surface area contributed by atoms with Gasteiger partial charge in [0.05, 0.1) is 44.8 Å². The fourth-order valence-corrected chi connectivity index (χ4v) is 4.99. The number of ketones is 1. The number of hydrazone groups is 1. The van der Waals surface area contributed by atoms with Crippen molar-refractivity contribution < 1.29 is 28.9 Å². The van der Waals surface area contributed by atoms with Crippen LogP contribution in [0.5, 0.6) is 0 Å². The number of thiophene rings is 1. The topological polar surface area (TPSA) is 163 Å². The molecule has 13 heteroatoms. The Kier molecular flexibility index (Phi) is 4.80. The van der Waals surface area contributed by atoms with Crippen LogP contribution in [-0.2, 0) is 9.47 Å². The number of nitrogens with zero attached hydrogens (tertiary/aromatic N) is 3. The number of Topliss-reactive ketones (excluding diaryl/α,β-unsaturated/α-hetero) is 1. The molecule has 1 aromatic carbocycles. The number of benzene rings is 1. The molecular formula is C19H14N4O8S. The summed E-state index contributed by atoms with van der Waals surface area (Å²) in [5.74, 6) is -1.59. The minimum atomic E-state index is -0.872. The second-order valence-electron chi connectivity index (χ2n) is 7.54. The van der Waals surface area contributed by atoms with Crippen molar-refractivity contribution in [1.29, 1.82) is 0 Å². The van der Waals surface area contributed by atoms with Crippen molar-refractivity contribution >= 4 is 40.1 Å². The molecule has 5 atom stereocenters. The lowest BCUT2D eigenvalue weighted by Crippen LogP contribution is -2.33. The van der Waals surface area contributed by atoms with Gasteiger partial charge in [-0.25, -0.2) is 5.43 Å². The molecule has 2 saturated heterocycles. The molecule has 3 aliphatic rings. The summed E-state index contributed by atoms with van der Waals surface area (Å²) in [5, 5.41) is 28.0. The Balaban J connectivity index is 1.39. The van der Waals surface area contributed by atoms with Gasteiger partial charge >= 0.3 is 0 Å². The molecular weight excluding hydrogens is 444 g/mol. The van der Waals surface area contributed by atoms with Crippen LogP contribution in [0.15, 0.2) is 40.8 Å². The predicted molar refractivity (Wildman–Crippen MR) is 108 cm³/mol. The number of hydrogen-bond acceptors (Lipinski definition) is 10. The molecule has 2 aromatic rings. The van der Waals surface area contributed by atoms with Crippen molar-refractivity contribution in [3.8, 4) is 0 Å². The van der Waals surface area contributed by atoms with E-state index in [9.17, 15) is 29.8 Å². The zero-order valence-electron chi connectivity index (χ0n) is 16.1. The van der Waals surface area contributed by atoms with Crippen molar-refractivity contribution in [3.63, 3.8) is 0 Å². The monoisotopic (exact) mass is 458 g/mol. The van der Waals surface area contributed by atoms with Gasteiger partial charge in [-0.1, -0.05) is 6.07 Å². The molecule has 2 aliphatic heterocycles. The van der Waals surface area contributed by atoms with Crippen LogP contribution in [0.4, 0.5) is 11.4 Å². The van der Waals surface area contributed by atoms with Crippen LogP contribution in [0.2, 0.25) is 0 Å². The van der Waals surface area contributed by atoms with Gasteiger partial charge in [0, 0.05) is 29.9 Å². The summed E-state index contributed by atoms with van der Waals surface area (Å²) >= 11 is 1.35. The SMILES string of the molecule is O=C(NN=C1[C@H]2OC[C@@H](O2)[C@@H]2[C@H](C(=O)c3cccs3)[C@@H]12)c1cc([N+](=O)[O-])cc([N+](=O)[O-])c1. The zero-order valence-corrected chi connectivity index (χ0v) is 16.9. The third kappa shape index (κ3) is 3.36. The maximum atomic E-state index is 12.9. The average molecular weight is 458 g/mol. The Hall–Kier alpha value is -3.55. The van der Waals surface area contributed by atoms with Gasteiger partial charge in [0.2, 0.25) is 0 Å². The van der Waals surface area contributed by atoms with E-state index >= 15 is 0 Å². The Bertz CT molecular complexity index is 1150. The highest BCUT2D eigenvalue weighted by Crippen LogP contribution is 2.57. The van der Waals surface area contributed by atoms with E-state index in [2.05, 4.69) is 10.5 Å². The number of ether oxygens (including phenoxy) is 2. The van der Waals surface area contributed by atoms with Gasteiger partial charge in [-0.15, -0.1) is 11.3 Å². The Morgan fingerprint density at radius 3 is 2.50 bits per heavy atom. The molecule has 0 spiro atoms. The van der Waals surface area contributed by atoms with Gasteiger partial charge in [-0.05, 0) is 11.4 Å². The highest BCUT2D eigenvalue weighted by atomic mass is 32.1. The van der Waals surface area contributed by atoms with E-state index in [0.29, 0.717) is 17.2 Å². The van der Waals surface area contributed by atoms with Crippen molar-refractivity contribution in [2.45, 2.75) is 12.4 Å². The molecule has 1 N–H and O–H groups in total. The molecule has 3 fully saturated rings. The molecule has 0 unspecified atom stereocenters. The highest BCUT2D eigenvalue weighted by molar-refractivity contribution is 7.12. The van der Waals surface area contributed by atoms with E-state index in [-0.39, 0.29) is 35.2 Å². The number of nitrogens with one attached hydrogen (secondary N) is 1. The Morgan fingerprint density at radius 2 is 1.88 bits per heavy atom. The van der Waals surface area contributed by atoms with Gasteiger partial charge in [0.1, 0.15) is 0 Å². The van der Waals surface area contributed by atoms with Crippen LogP contribution in [0.25, 0.3) is 0 Å². The summed E-state index contributed by atoms with van der Waals surface area (Å²) < 4.78 is 11.3. The first kappa shape index (κ1) is 20.4. The minimum Gasteiger partial charge on any atom is -0.344 e. The number of non-ortho nitro benzene ring substituents is 2. The molecule has 164 valence electrons. The molecule has 1 saturated carbocycles. The quantitative estimate of drug-likeness (QED) is 0.391. The first-order valence-corrected chi connectivity index (χ1v) is 10.4. The van der Waals surface area contributed by atoms with Crippen LogP contribution in [0.1, 0.15) is 20.0 Å². The van der Waals surface area contributed by atoms with Crippen molar-refractivity contribution in [3.05, 3.63) is 66.4 Å². The Morgan fingerprint density at radius 1 is 1.16 bits per heavy atom. The number of nitro groups is 2. The first-order chi connectivity index (χ1) is 15.3. The maximum absolute atomic E-state index is 12.9. The summed E-state index contributed by atoms with van der Waals surface area (Å²) in [7, 11) is 0. The lowest BCUT2D eigenvalue weighted by Gasteiger charge is -2.18.